The van der Waals surface area contributed by atoms with Crippen LogP contribution in [0.1, 0.15) is 0 Å². The van der Waals surface area contributed by atoms with Gasteiger partial charge in [-0.25, -0.2) is 0 Å². The Hall–Kier alpha value is -6.52. The third-order valence-corrected chi connectivity index (χ3v) is 10.5. The number of nitrogens with zero attached hydrogens (tertiary/aromatic N) is 5. The Balaban J connectivity index is 0.00000331. The van der Waals surface area contributed by atoms with Gasteiger partial charge in [0.2, 0.25) is 0 Å². The van der Waals surface area contributed by atoms with Crippen LogP contribution in [0.3, 0.4) is 0 Å². The van der Waals surface area contributed by atoms with Crippen molar-refractivity contribution in [2.45, 2.75) is 0 Å². The maximum atomic E-state index is 6.56. The molecule has 0 radical (unpaired) electrons. The first-order valence-corrected chi connectivity index (χ1v) is 17.3. The van der Waals surface area contributed by atoms with E-state index in [2.05, 4.69) is 147 Å². The maximum absolute atomic E-state index is 6.56. The standard InChI is InChI=1S/C46H25N5O.Pd/c1-2-10-28(11-3-1)50-40-16-8-5-13-35(40)43-42(50)23-22-34-32-21-19-29(26-36(32)45-47-24-25-49(45)44(34)43)52-30-18-20-31-33-12-4-7-15-39(33)51-41-17-9-6-14-38(41)48-46(51)37(31)27-30;/h1-25H;/q-2;+2. The first kappa shape index (κ1) is 30.1. The third-order valence-electron chi connectivity index (χ3n) is 10.5. The summed E-state index contributed by atoms with van der Waals surface area (Å²) in [5, 5.41) is 8.62. The van der Waals surface area contributed by atoms with Crippen LogP contribution in [-0.4, -0.2) is 23.3 Å². The van der Waals surface area contributed by atoms with Gasteiger partial charge in [0.25, 0.3) is 0 Å². The number of para-hydroxylation sites is 5. The van der Waals surface area contributed by atoms with E-state index in [9.17, 15) is 0 Å². The third kappa shape index (κ3) is 4.18. The fraction of sp³-hybridized carbons (Fsp3) is 0. The molecule has 0 atom stereocenters. The van der Waals surface area contributed by atoms with Crippen molar-refractivity contribution >= 4 is 87.5 Å². The van der Waals surface area contributed by atoms with E-state index in [0.29, 0.717) is 11.5 Å². The Morgan fingerprint density at radius 2 is 1.15 bits per heavy atom. The summed E-state index contributed by atoms with van der Waals surface area (Å²) in [5.74, 6) is 1.20. The van der Waals surface area contributed by atoms with Crippen molar-refractivity contribution < 1.29 is 25.2 Å². The van der Waals surface area contributed by atoms with Gasteiger partial charge in [-0.1, -0.05) is 119 Å². The second kappa shape index (κ2) is 11.2. The fourth-order valence-electron chi connectivity index (χ4n) is 8.36. The summed E-state index contributed by atoms with van der Waals surface area (Å²) in [6.45, 7) is 0. The molecule has 0 aliphatic rings. The molecule has 12 aromatic rings. The van der Waals surface area contributed by atoms with Crippen molar-refractivity contribution in [3.63, 3.8) is 0 Å². The number of hydrogen-bond acceptors (Lipinski definition) is 3. The van der Waals surface area contributed by atoms with Crippen molar-refractivity contribution in [3.05, 3.63) is 164 Å². The van der Waals surface area contributed by atoms with Gasteiger partial charge in [-0.3, -0.25) is 9.97 Å². The van der Waals surface area contributed by atoms with Crippen LogP contribution in [0, 0.1) is 12.1 Å². The molecule has 250 valence electrons. The van der Waals surface area contributed by atoms with Gasteiger partial charge >= 0.3 is 20.4 Å². The molecule has 0 amide bonds. The van der Waals surface area contributed by atoms with Gasteiger partial charge in [-0.2, -0.15) is 0 Å². The molecule has 0 fully saturated rings. The van der Waals surface area contributed by atoms with E-state index in [-0.39, 0.29) is 20.4 Å². The minimum atomic E-state index is 0. The molecule has 7 aromatic carbocycles. The Labute approximate surface area is 315 Å². The molecule has 53 heavy (non-hydrogen) atoms. The molecule has 0 saturated carbocycles. The average molecular weight is 770 g/mol. The number of rotatable bonds is 3. The summed E-state index contributed by atoms with van der Waals surface area (Å²) in [5.41, 5.74) is 9.38. The summed E-state index contributed by atoms with van der Waals surface area (Å²) in [6, 6.07) is 55.8. The Morgan fingerprint density at radius 1 is 0.509 bits per heavy atom. The molecule has 0 bridgehead atoms. The molecular formula is C46H25N5OPd. The quantitative estimate of drug-likeness (QED) is 0.102. The smallest absolute Gasteiger partial charge is 0.497 e. The van der Waals surface area contributed by atoms with Crippen LogP contribution in [0.4, 0.5) is 0 Å². The Kier molecular flexibility index (Phi) is 6.39. The summed E-state index contributed by atoms with van der Waals surface area (Å²) < 4.78 is 13.3. The second-order valence-electron chi connectivity index (χ2n) is 13.3. The van der Waals surface area contributed by atoms with E-state index in [1.165, 1.54) is 16.3 Å². The minimum absolute atomic E-state index is 0. The van der Waals surface area contributed by atoms with E-state index in [0.717, 1.165) is 76.9 Å². The largest absolute Gasteiger partial charge is 2.00 e. The molecule has 12 rings (SSSR count). The zero-order valence-corrected chi connectivity index (χ0v) is 29.4. The SMILES string of the molecule is [Pd+2].[c-]1c(Oc2[c-]c3c(cc2)c2ccccc2n2c4ccccc4nc32)ccc2c1c1nccn1c1c2ccc2c1c1ccccc1n2-c1ccccc1. The topological polar surface area (TPSA) is 48.8 Å². The average Bonchev–Trinajstić information content (AvgIpc) is 3.93. The van der Waals surface area contributed by atoms with Gasteiger partial charge in [0.15, 0.2) is 0 Å². The van der Waals surface area contributed by atoms with Crippen LogP contribution in [0.2, 0.25) is 0 Å². The zero-order valence-electron chi connectivity index (χ0n) is 27.9. The molecule has 0 spiro atoms. The first-order valence-electron chi connectivity index (χ1n) is 17.3. The molecule has 5 heterocycles. The van der Waals surface area contributed by atoms with Gasteiger partial charge < -0.3 is 18.1 Å². The molecule has 0 aliphatic heterocycles. The number of benzene rings is 7. The second-order valence-corrected chi connectivity index (χ2v) is 13.3. The monoisotopic (exact) mass is 769 g/mol. The van der Waals surface area contributed by atoms with Gasteiger partial charge in [0.1, 0.15) is 0 Å². The van der Waals surface area contributed by atoms with Crippen LogP contribution in [0.5, 0.6) is 11.5 Å². The van der Waals surface area contributed by atoms with Gasteiger partial charge in [0, 0.05) is 51.4 Å². The van der Waals surface area contributed by atoms with Gasteiger partial charge in [0.05, 0.1) is 33.4 Å². The molecule has 7 heteroatoms. The number of fused-ring (bicyclic) bond motifs is 18. The van der Waals surface area contributed by atoms with E-state index in [4.69, 9.17) is 14.7 Å². The predicted molar refractivity (Wildman–Crippen MR) is 210 cm³/mol. The number of hydrogen-bond donors (Lipinski definition) is 0. The number of imidazole rings is 2. The molecule has 0 N–H and O–H groups in total. The number of aromatic nitrogens is 5. The van der Waals surface area contributed by atoms with E-state index < -0.39 is 0 Å². The normalized spacial score (nSPS) is 12.0. The summed E-state index contributed by atoms with van der Waals surface area (Å²) in [7, 11) is 0. The number of ether oxygens (including phenoxy) is 1. The first-order chi connectivity index (χ1) is 25.8. The van der Waals surface area contributed by atoms with Crippen LogP contribution < -0.4 is 4.74 Å². The summed E-state index contributed by atoms with van der Waals surface area (Å²) in [4.78, 5) is 9.93. The van der Waals surface area contributed by atoms with E-state index in [1.807, 2.05) is 30.6 Å². The van der Waals surface area contributed by atoms with Crippen molar-refractivity contribution in [1.82, 2.24) is 23.3 Å². The van der Waals surface area contributed by atoms with Crippen LogP contribution >= 0.6 is 0 Å². The Morgan fingerprint density at radius 3 is 1.96 bits per heavy atom. The fourth-order valence-corrected chi connectivity index (χ4v) is 8.36. The minimum Gasteiger partial charge on any atom is -0.497 e. The molecule has 0 unspecified atom stereocenters. The van der Waals surface area contributed by atoms with Crippen molar-refractivity contribution in [2.75, 3.05) is 0 Å². The molecule has 6 nitrogen and oxygen atoms in total. The molecule has 5 aromatic heterocycles. The van der Waals surface area contributed by atoms with E-state index >= 15 is 0 Å². The zero-order chi connectivity index (χ0) is 33.9. The molecular weight excluding hydrogens is 745 g/mol. The molecule has 0 aliphatic carbocycles. The molecule has 0 saturated heterocycles. The Bertz CT molecular complexity index is 3450. The van der Waals surface area contributed by atoms with Crippen molar-refractivity contribution in [3.8, 4) is 17.2 Å². The summed E-state index contributed by atoms with van der Waals surface area (Å²) in [6.07, 6.45) is 3.92. The van der Waals surface area contributed by atoms with Crippen LogP contribution in [0.25, 0.3) is 93.2 Å². The number of pyridine rings is 2. The predicted octanol–water partition coefficient (Wildman–Crippen LogP) is 11.2. The van der Waals surface area contributed by atoms with Gasteiger partial charge in [-0.15, -0.1) is 12.1 Å². The van der Waals surface area contributed by atoms with Crippen molar-refractivity contribution in [2.24, 2.45) is 0 Å². The van der Waals surface area contributed by atoms with Crippen molar-refractivity contribution in [1.29, 1.82) is 0 Å². The van der Waals surface area contributed by atoms with E-state index in [1.54, 1.807) is 0 Å². The van der Waals surface area contributed by atoms with Gasteiger partial charge in [-0.05, 0) is 53.2 Å². The van der Waals surface area contributed by atoms with Crippen LogP contribution in [-0.2, 0) is 20.4 Å². The summed E-state index contributed by atoms with van der Waals surface area (Å²) >= 11 is 0. The maximum Gasteiger partial charge on any atom is 2.00 e. The van der Waals surface area contributed by atoms with Crippen LogP contribution in [0.15, 0.2) is 152 Å².